The van der Waals surface area contributed by atoms with Crippen molar-refractivity contribution in [2.45, 2.75) is 63.2 Å². The molecule has 3 heterocycles. The van der Waals surface area contributed by atoms with Gasteiger partial charge in [0.25, 0.3) is 0 Å². The summed E-state index contributed by atoms with van der Waals surface area (Å²) in [5.74, 6) is -2.34. The van der Waals surface area contributed by atoms with Crippen molar-refractivity contribution in [1.29, 1.82) is 0 Å². The number of ether oxygens (including phenoxy) is 2. The first-order valence-electron chi connectivity index (χ1n) is 13.5. The lowest BCUT2D eigenvalue weighted by Crippen LogP contribution is -2.50. The lowest BCUT2D eigenvalue weighted by atomic mass is 9.73. The molecule has 3 aliphatic rings. The van der Waals surface area contributed by atoms with E-state index < -0.39 is 35.9 Å². The van der Waals surface area contributed by atoms with Crippen LogP contribution in [0.15, 0.2) is 48.5 Å². The molecule has 3 N–H and O–H groups in total. The number of benzene rings is 2. The maximum absolute atomic E-state index is 13.4. The van der Waals surface area contributed by atoms with E-state index in [1.165, 1.54) is 12.1 Å². The minimum atomic E-state index is -0.884. The van der Waals surface area contributed by atoms with Crippen LogP contribution in [0.2, 0.25) is 5.82 Å². The minimum absolute atomic E-state index is 0.180. The molecule has 39 heavy (non-hydrogen) atoms. The Morgan fingerprint density at radius 3 is 2.49 bits per heavy atom. The topological polar surface area (TPSA) is 115 Å². The van der Waals surface area contributed by atoms with Crippen molar-refractivity contribution in [2.24, 2.45) is 5.92 Å². The molecule has 0 radical (unpaired) electrons. The highest BCUT2D eigenvalue weighted by Crippen LogP contribution is 2.24. The van der Waals surface area contributed by atoms with Crippen LogP contribution >= 0.6 is 0 Å². The quantitative estimate of drug-likeness (QED) is 0.382. The molecular formula is C28H35BFN3O6. The van der Waals surface area contributed by atoms with Crippen molar-refractivity contribution in [3.63, 3.8) is 0 Å². The Kier molecular flexibility index (Phi) is 10.3. The summed E-state index contributed by atoms with van der Waals surface area (Å²) in [7, 11) is 1.67. The van der Waals surface area contributed by atoms with Crippen LogP contribution < -0.4 is 20.9 Å². The molecule has 2 aromatic rings. The van der Waals surface area contributed by atoms with Crippen molar-refractivity contribution in [3.8, 4) is 5.75 Å². The van der Waals surface area contributed by atoms with E-state index in [1.807, 2.05) is 24.3 Å². The summed E-state index contributed by atoms with van der Waals surface area (Å²) in [4.78, 5) is 45.2. The molecule has 5 rings (SSSR count). The van der Waals surface area contributed by atoms with Gasteiger partial charge < -0.3 is 20.1 Å². The molecule has 0 aromatic heterocycles. The SMILES string of the molecule is B[C@H]1C(=O)N[C@H](C(=O)NCc2ccc(F)cc2)Cc2ccc(cc2)OCCC[C@@H]1C(=O)NOC1CCCCO1. The minimum Gasteiger partial charge on any atom is -0.494 e. The Morgan fingerprint density at radius 1 is 1.00 bits per heavy atom. The fraction of sp³-hybridized carbons (Fsp3) is 0.464. The van der Waals surface area contributed by atoms with Gasteiger partial charge in [0.1, 0.15) is 25.5 Å². The van der Waals surface area contributed by atoms with Crippen LogP contribution in [0.5, 0.6) is 5.75 Å². The Balaban J connectivity index is 1.46. The summed E-state index contributed by atoms with van der Waals surface area (Å²) in [6.07, 6.45) is 3.24. The van der Waals surface area contributed by atoms with Gasteiger partial charge in [-0.1, -0.05) is 24.3 Å². The molecule has 0 saturated carbocycles. The van der Waals surface area contributed by atoms with E-state index in [-0.39, 0.29) is 24.7 Å². The zero-order valence-corrected chi connectivity index (χ0v) is 22.1. The van der Waals surface area contributed by atoms with Crippen LogP contribution in [0.3, 0.4) is 0 Å². The van der Waals surface area contributed by atoms with E-state index >= 15 is 0 Å². The summed E-state index contributed by atoms with van der Waals surface area (Å²) >= 11 is 0. The number of fused-ring (bicyclic) bond motifs is 11. The second kappa shape index (κ2) is 14.1. The molecule has 11 heteroatoms. The van der Waals surface area contributed by atoms with E-state index in [2.05, 4.69) is 16.1 Å². The molecule has 2 aromatic carbocycles. The number of rotatable bonds is 6. The predicted molar refractivity (Wildman–Crippen MR) is 144 cm³/mol. The molecule has 9 nitrogen and oxygen atoms in total. The van der Waals surface area contributed by atoms with Gasteiger partial charge >= 0.3 is 0 Å². The van der Waals surface area contributed by atoms with E-state index in [9.17, 15) is 18.8 Å². The second-order valence-corrected chi connectivity index (χ2v) is 10.0. The first kappa shape index (κ1) is 28.6. The van der Waals surface area contributed by atoms with Crippen molar-refractivity contribution in [1.82, 2.24) is 16.1 Å². The third-order valence-electron chi connectivity index (χ3n) is 7.09. The van der Waals surface area contributed by atoms with Gasteiger partial charge in [-0.05, 0) is 61.1 Å². The molecule has 3 amide bonds. The molecule has 2 bridgehead atoms. The molecule has 1 unspecified atom stereocenters. The monoisotopic (exact) mass is 539 g/mol. The number of hydroxylamine groups is 1. The molecule has 3 aliphatic heterocycles. The normalized spacial score (nSPS) is 24.1. The summed E-state index contributed by atoms with van der Waals surface area (Å²) < 4.78 is 24.6. The van der Waals surface area contributed by atoms with Crippen molar-refractivity contribution in [3.05, 3.63) is 65.5 Å². The summed E-state index contributed by atoms with van der Waals surface area (Å²) in [5.41, 5.74) is 4.05. The lowest BCUT2D eigenvalue weighted by molar-refractivity contribution is -0.202. The van der Waals surface area contributed by atoms with Gasteiger partial charge in [0.05, 0.1) is 6.61 Å². The maximum atomic E-state index is 13.4. The number of amides is 3. The average molecular weight is 539 g/mol. The number of halogens is 1. The number of nitrogens with one attached hydrogen (secondary N) is 3. The van der Waals surface area contributed by atoms with Crippen molar-refractivity contribution >= 4 is 25.6 Å². The highest BCUT2D eigenvalue weighted by Gasteiger charge is 2.33. The summed E-state index contributed by atoms with van der Waals surface area (Å²) in [5, 5.41) is 5.68. The van der Waals surface area contributed by atoms with Gasteiger partial charge in [-0.25, -0.2) is 14.7 Å². The number of hydrogen-bond acceptors (Lipinski definition) is 6. The number of hydrogen-bond donors (Lipinski definition) is 3. The van der Waals surface area contributed by atoms with Crippen LogP contribution in [0, 0.1) is 11.7 Å². The fourth-order valence-electron chi connectivity index (χ4n) is 4.67. The maximum Gasteiger partial charge on any atom is 0.246 e. The van der Waals surface area contributed by atoms with Gasteiger partial charge in [-0.15, -0.1) is 0 Å². The predicted octanol–water partition coefficient (Wildman–Crippen LogP) is 1.95. The van der Waals surface area contributed by atoms with Crippen LogP contribution in [-0.4, -0.2) is 51.1 Å². The second-order valence-electron chi connectivity index (χ2n) is 10.0. The van der Waals surface area contributed by atoms with E-state index in [0.29, 0.717) is 38.2 Å². The lowest BCUT2D eigenvalue weighted by Gasteiger charge is -2.27. The highest BCUT2D eigenvalue weighted by molar-refractivity contribution is 6.25. The van der Waals surface area contributed by atoms with E-state index in [1.54, 1.807) is 20.0 Å². The summed E-state index contributed by atoms with van der Waals surface area (Å²) in [6.45, 7) is 1.14. The standard InChI is InChI=1S/C28H35BFN3O6/c29-25-22(26(34)33-39-24-5-1-2-14-38-24)4-3-15-37-21-12-8-18(9-13-21)16-23(32-28(25)36)27(35)31-17-19-6-10-20(30)11-7-19/h6-13,22-25H,1-5,14-17,29H2,(H,31,35)(H,32,36)(H,33,34)/t22-,23-,24?,25+/m0/s1. The van der Waals surface area contributed by atoms with Crippen molar-refractivity contribution < 1.29 is 33.1 Å². The summed E-state index contributed by atoms with van der Waals surface area (Å²) in [6, 6.07) is 12.3. The molecule has 0 aliphatic carbocycles. The van der Waals surface area contributed by atoms with Gasteiger partial charge in [0.15, 0.2) is 6.29 Å². The zero-order valence-electron chi connectivity index (χ0n) is 22.1. The van der Waals surface area contributed by atoms with Gasteiger partial charge in [-0.3, -0.25) is 14.4 Å². The largest absolute Gasteiger partial charge is 0.494 e. The van der Waals surface area contributed by atoms with Gasteiger partial charge in [-0.2, -0.15) is 0 Å². The molecular weight excluding hydrogens is 504 g/mol. The number of carbonyl (C=O) groups excluding carboxylic acids is 3. The molecule has 1 saturated heterocycles. The Morgan fingerprint density at radius 2 is 1.77 bits per heavy atom. The number of carbonyl (C=O) groups is 3. The fourth-order valence-corrected chi connectivity index (χ4v) is 4.67. The Labute approximate surface area is 228 Å². The van der Waals surface area contributed by atoms with E-state index in [4.69, 9.17) is 14.3 Å². The first-order valence-corrected chi connectivity index (χ1v) is 13.5. The third-order valence-corrected chi connectivity index (χ3v) is 7.09. The third kappa shape index (κ3) is 8.53. The van der Waals surface area contributed by atoms with Crippen LogP contribution in [0.4, 0.5) is 4.39 Å². The van der Waals surface area contributed by atoms with Gasteiger partial charge in [0, 0.05) is 37.7 Å². The van der Waals surface area contributed by atoms with Gasteiger partial charge in [0.2, 0.25) is 17.7 Å². The molecule has 0 spiro atoms. The average Bonchev–Trinajstić information content (AvgIpc) is 2.95. The molecule has 208 valence electrons. The first-order chi connectivity index (χ1) is 18.9. The molecule has 4 atom stereocenters. The van der Waals surface area contributed by atoms with Crippen molar-refractivity contribution in [2.75, 3.05) is 13.2 Å². The Bertz CT molecular complexity index is 1110. The zero-order chi connectivity index (χ0) is 27.6. The van der Waals surface area contributed by atoms with Crippen LogP contribution in [0.1, 0.15) is 43.2 Å². The highest BCUT2D eigenvalue weighted by atomic mass is 19.1. The van der Waals surface area contributed by atoms with E-state index in [0.717, 1.165) is 24.0 Å². The van der Waals surface area contributed by atoms with Crippen LogP contribution in [0.25, 0.3) is 0 Å². The molecule has 1 fully saturated rings. The Hall–Kier alpha value is -3.44. The van der Waals surface area contributed by atoms with Crippen LogP contribution in [-0.2, 0) is 36.9 Å². The smallest absolute Gasteiger partial charge is 0.246 e.